The number of aliphatic hydroxyl groups is 1. The maximum absolute atomic E-state index is 9.72. The van der Waals surface area contributed by atoms with Crippen molar-refractivity contribution >= 4 is 6.21 Å². The van der Waals surface area contributed by atoms with Crippen LogP contribution in [0.15, 0.2) is 35.5 Å². The molecular formula is C11H15NO2. The number of aliphatic hydroxyl groups excluding tert-OH is 1. The van der Waals surface area contributed by atoms with E-state index in [1.54, 1.807) is 6.21 Å². The molecule has 0 spiro atoms. The normalized spacial score (nSPS) is 13.0. The lowest BCUT2D eigenvalue weighted by Gasteiger charge is -2.08. The number of oxime groups is 1. The SMILES string of the molecule is CO/N=C/CCC(O)c1ccccc1. The average molecular weight is 193 g/mol. The van der Waals surface area contributed by atoms with Gasteiger partial charge in [-0.3, -0.25) is 0 Å². The summed E-state index contributed by atoms with van der Waals surface area (Å²) in [6, 6.07) is 9.60. The Labute approximate surface area is 84.0 Å². The van der Waals surface area contributed by atoms with Crippen LogP contribution >= 0.6 is 0 Å². The van der Waals surface area contributed by atoms with Gasteiger partial charge >= 0.3 is 0 Å². The number of hydrogen-bond donors (Lipinski definition) is 1. The van der Waals surface area contributed by atoms with Gasteiger partial charge in [-0.05, 0) is 18.4 Å². The molecule has 1 unspecified atom stereocenters. The van der Waals surface area contributed by atoms with Crippen LogP contribution in [0.2, 0.25) is 0 Å². The smallest absolute Gasteiger partial charge is 0.106 e. The molecule has 1 N–H and O–H groups in total. The van der Waals surface area contributed by atoms with Crippen molar-refractivity contribution in [3.8, 4) is 0 Å². The average Bonchev–Trinajstić information content (AvgIpc) is 2.25. The third kappa shape index (κ3) is 3.58. The van der Waals surface area contributed by atoms with Crippen molar-refractivity contribution in [2.45, 2.75) is 18.9 Å². The van der Waals surface area contributed by atoms with Gasteiger partial charge in [0.1, 0.15) is 7.11 Å². The van der Waals surface area contributed by atoms with Crippen LogP contribution in [0.25, 0.3) is 0 Å². The molecule has 0 heterocycles. The molecule has 0 bridgehead atoms. The molecule has 0 fully saturated rings. The highest BCUT2D eigenvalue weighted by Crippen LogP contribution is 2.16. The van der Waals surface area contributed by atoms with E-state index in [4.69, 9.17) is 0 Å². The third-order valence-electron chi connectivity index (χ3n) is 1.93. The molecule has 1 aromatic carbocycles. The van der Waals surface area contributed by atoms with Crippen LogP contribution in [0.1, 0.15) is 24.5 Å². The van der Waals surface area contributed by atoms with Crippen molar-refractivity contribution in [2.24, 2.45) is 5.16 Å². The summed E-state index contributed by atoms with van der Waals surface area (Å²) in [5, 5.41) is 13.3. The quantitative estimate of drug-likeness (QED) is 0.575. The fourth-order valence-electron chi connectivity index (χ4n) is 1.20. The minimum absolute atomic E-state index is 0.417. The molecule has 3 heteroatoms. The van der Waals surface area contributed by atoms with Crippen LogP contribution in [-0.2, 0) is 4.84 Å². The van der Waals surface area contributed by atoms with Gasteiger partial charge in [-0.25, -0.2) is 0 Å². The van der Waals surface area contributed by atoms with Crippen LogP contribution in [0, 0.1) is 0 Å². The van der Waals surface area contributed by atoms with Gasteiger partial charge in [0, 0.05) is 6.21 Å². The van der Waals surface area contributed by atoms with Crippen LogP contribution in [0.4, 0.5) is 0 Å². The molecule has 0 aliphatic rings. The zero-order chi connectivity index (χ0) is 10.2. The van der Waals surface area contributed by atoms with Gasteiger partial charge in [0.25, 0.3) is 0 Å². The lowest BCUT2D eigenvalue weighted by atomic mass is 10.1. The highest BCUT2D eigenvalue weighted by Gasteiger charge is 2.04. The Balaban J connectivity index is 2.36. The molecule has 14 heavy (non-hydrogen) atoms. The largest absolute Gasteiger partial charge is 0.399 e. The minimum Gasteiger partial charge on any atom is -0.399 e. The molecule has 1 aromatic rings. The van der Waals surface area contributed by atoms with Crippen LogP contribution < -0.4 is 0 Å². The van der Waals surface area contributed by atoms with Crippen molar-refractivity contribution in [1.29, 1.82) is 0 Å². The van der Waals surface area contributed by atoms with Gasteiger partial charge in [0.15, 0.2) is 0 Å². The zero-order valence-electron chi connectivity index (χ0n) is 8.26. The van der Waals surface area contributed by atoms with E-state index < -0.39 is 6.10 Å². The van der Waals surface area contributed by atoms with Crippen molar-refractivity contribution in [3.05, 3.63) is 35.9 Å². The summed E-state index contributed by atoms with van der Waals surface area (Å²) in [6.07, 6.45) is 2.62. The van der Waals surface area contributed by atoms with Crippen molar-refractivity contribution in [3.63, 3.8) is 0 Å². The number of benzene rings is 1. The van der Waals surface area contributed by atoms with E-state index in [1.165, 1.54) is 7.11 Å². The molecule has 1 rings (SSSR count). The van der Waals surface area contributed by atoms with E-state index in [9.17, 15) is 5.11 Å². The summed E-state index contributed by atoms with van der Waals surface area (Å²) in [5.41, 5.74) is 0.943. The summed E-state index contributed by atoms with van der Waals surface area (Å²) in [6.45, 7) is 0. The van der Waals surface area contributed by atoms with Crippen molar-refractivity contribution in [2.75, 3.05) is 7.11 Å². The first kappa shape index (κ1) is 10.7. The number of nitrogens with zero attached hydrogens (tertiary/aromatic N) is 1. The predicted octanol–water partition coefficient (Wildman–Crippen LogP) is 2.13. The standard InChI is InChI=1S/C11H15NO2/c1-14-12-9-5-8-11(13)10-6-3-2-4-7-10/h2-4,6-7,9,11,13H,5,8H2,1H3/b12-9+. The molecule has 0 amide bonds. The van der Waals surface area contributed by atoms with E-state index >= 15 is 0 Å². The van der Waals surface area contributed by atoms with Crippen molar-refractivity contribution < 1.29 is 9.94 Å². The second kappa shape index (κ2) is 6.16. The summed E-state index contributed by atoms with van der Waals surface area (Å²) in [4.78, 5) is 4.52. The van der Waals surface area contributed by atoms with Gasteiger partial charge < -0.3 is 9.94 Å². The molecule has 0 radical (unpaired) electrons. The fraction of sp³-hybridized carbons (Fsp3) is 0.364. The molecule has 0 aromatic heterocycles. The fourth-order valence-corrected chi connectivity index (χ4v) is 1.20. The van der Waals surface area contributed by atoms with E-state index in [1.807, 2.05) is 30.3 Å². The van der Waals surface area contributed by atoms with Crippen LogP contribution in [0.3, 0.4) is 0 Å². The predicted molar refractivity (Wildman–Crippen MR) is 56.1 cm³/mol. The van der Waals surface area contributed by atoms with Crippen molar-refractivity contribution in [1.82, 2.24) is 0 Å². The molecule has 1 atom stereocenters. The molecule has 3 nitrogen and oxygen atoms in total. The lowest BCUT2D eigenvalue weighted by Crippen LogP contribution is -1.97. The summed E-state index contributed by atoms with van der Waals surface area (Å²) in [7, 11) is 1.50. The third-order valence-corrected chi connectivity index (χ3v) is 1.93. The van der Waals surface area contributed by atoms with E-state index in [0.29, 0.717) is 12.8 Å². The molecule has 0 aliphatic heterocycles. The summed E-state index contributed by atoms with van der Waals surface area (Å²) < 4.78 is 0. The number of rotatable bonds is 5. The van der Waals surface area contributed by atoms with E-state index in [-0.39, 0.29) is 0 Å². The Hall–Kier alpha value is -1.35. The summed E-state index contributed by atoms with van der Waals surface area (Å²) >= 11 is 0. The number of hydrogen-bond acceptors (Lipinski definition) is 3. The lowest BCUT2D eigenvalue weighted by molar-refractivity contribution is 0.169. The molecule has 0 saturated carbocycles. The maximum atomic E-state index is 9.72. The van der Waals surface area contributed by atoms with Gasteiger partial charge in [-0.15, -0.1) is 0 Å². The van der Waals surface area contributed by atoms with Gasteiger partial charge in [0.05, 0.1) is 6.10 Å². The Bertz CT molecular complexity index is 272. The highest BCUT2D eigenvalue weighted by molar-refractivity contribution is 5.56. The van der Waals surface area contributed by atoms with Crippen LogP contribution in [0.5, 0.6) is 0 Å². The summed E-state index contributed by atoms with van der Waals surface area (Å²) in [5.74, 6) is 0. The van der Waals surface area contributed by atoms with Gasteiger partial charge in [-0.2, -0.15) is 0 Å². The monoisotopic (exact) mass is 193 g/mol. The van der Waals surface area contributed by atoms with E-state index in [2.05, 4.69) is 9.99 Å². The highest BCUT2D eigenvalue weighted by atomic mass is 16.6. The zero-order valence-corrected chi connectivity index (χ0v) is 8.26. The molecule has 76 valence electrons. The maximum Gasteiger partial charge on any atom is 0.106 e. The Morgan fingerprint density at radius 2 is 2.14 bits per heavy atom. The molecule has 0 saturated heterocycles. The topological polar surface area (TPSA) is 41.8 Å². The van der Waals surface area contributed by atoms with Crippen LogP contribution in [-0.4, -0.2) is 18.4 Å². The minimum atomic E-state index is -0.417. The Kier molecular flexibility index (Phi) is 4.72. The first-order valence-electron chi connectivity index (χ1n) is 4.62. The second-order valence-corrected chi connectivity index (χ2v) is 2.97. The second-order valence-electron chi connectivity index (χ2n) is 2.97. The van der Waals surface area contributed by atoms with E-state index in [0.717, 1.165) is 5.56 Å². The first-order chi connectivity index (χ1) is 6.84. The molecule has 0 aliphatic carbocycles. The van der Waals surface area contributed by atoms with Gasteiger partial charge in [0.2, 0.25) is 0 Å². The first-order valence-corrected chi connectivity index (χ1v) is 4.62. The van der Waals surface area contributed by atoms with Gasteiger partial charge in [-0.1, -0.05) is 35.5 Å². The molecular weight excluding hydrogens is 178 g/mol. The Morgan fingerprint density at radius 1 is 1.43 bits per heavy atom. The Morgan fingerprint density at radius 3 is 2.79 bits per heavy atom.